The number of fused-ring (bicyclic) bond motifs is 2. The highest BCUT2D eigenvalue weighted by Gasteiger charge is 2.32. The molecule has 0 unspecified atom stereocenters. The first kappa shape index (κ1) is 16.5. The lowest BCUT2D eigenvalue weighted by Gasteiger charge is -2.10. The lowest BCUT2D eigenvalue weighted by atomic mass is 10.0. The van der Waals surface area contributed by atoms with Crippen LogP contribution in [0.1, 0.15) is 11.1 Å². The maximum atomic E-state index is 14.2. The second-order valence-electron chi connectivity index (χ2n) is 5.99. The number of rotatable bonds is 1. The van der Waals surface area contributed by atoms with Crippen molar-refractivity contribution in [3.63, 3.8) is 0 Å². The van der Waals surface area contributed by atoms with Crippen LogP contribution in [0.25, 0.3) is 33.1 Å². The zero-order valence-electron chi connectivity index (χ0n) is 13.4. The van der Waals surface area contributed by atoms with Crippen molar-refractivity contribution in [2.75, 3.05) is 0 Å². The summed E-state index contributed by atoms with van der Waals surface area (Å²) in [6, 6.07) is 7.66. The number of aromatic nitrogens is 2. The summed E-state index contributed by atoms with van der Waals surface area (Å²) in [5.41, 5.74) is 0.139. The van der Waals surface area contributed by atoms with Crippen molar-refractivity contribution in [2.45, 2.75) is 13.1 Å². The zero-order chi connectivity index (χ0) is 18.6. The molecule has 7 heteroatoms. The Morgan fingerprint density at radius 2 is 1.77 bits per heavy atom. The van der Waals surface area contributed by atoms with E-state index in [2.05, 4.69) is 9.97 Å². The second-order valence-corrected chi connectivity index (χ2v) is 5.99. The van der Waals surface area contributed by atoms with E-state index in [0.29, 0.717) is 11.3 Å². The van der Waals surface area contributed by atoms with Gasteiger partial charge in [-0.15, -0.1) is 0 Å². The Balaban J connectivity index is 1.95. The van der Waals surface area contributed by atoms with Gasteiger partial charge in [0.1, 0.15) is 5.82 Å². The van der Waals surface area contributed by atoms with Crippen molar-refractivity contribution >= 4 is 21.8 Å². The number of nitrogens with zero attached hydrogens (tertiary/aromatic N) is 1. The van der Waals surface area contributed by atoms with E-state index in [1.807, 2.05) is 0 Å². The number of nitrogens with one attached hydrogen (secondary N) is 1. The topological polar surface area (TPSA) is 28.7 Å². The van der Waals surface area contributed by atoms with Gasteiger partial charge in [0, 0.05) is 28.1 Å². The van der Waals surface area contributed by atoms with Crippen molar-refractivity contribution in [3.8, 4) is 11.3 Å². The molecule has 0 saturated heterocycles. The maximum Gasteiger partial charge on any atom is 0.417 e. The summed E-state index contributed by atoms with van der Waals surface area (Å²) in [4.78, 5) is 7.00. The molecule has 0 radical (unpaired) electrons. The standard InChI is InChI=1S/C19H11F5N2/c1-9-14(20)7-11-12(8-25-18(11)17(9)21)16-6-5-10-13(19(22,23)24)3-2-4-15(10)26-16/h2-8,25H,1H3. The van der Waals surface area contributed by atoms with Crippen molar-refractivity contribution in [1.82, 2.24) is 9.97 Å². The Bertz CT molecular complexity index is 1160. The van der Waals surface area contributed by atoms with E-state index in [-0.39, 0.29) is 27.4 Å². The number of halogens is 5. The summed E-state index contributed by atoms with van der Waals surface area (Å²) < 4.78 is 67.5. The van der Waals surface area contributed by atoms with E-state index < -0.39 is 23.4 Å². The minimum Gasteiger partial charge on any atom is -0.358 e. The third-order valence-electron chi connectivity index (χ3n) is 4.41. The molecule has 0 bridgehead atoms. The molecular weight excluding hydrogens is 351 g/mol. The van der Waals surface area contributed by atoms with E-state index in [4.69, 9.17) is 0 Å². The molecule has 0 spiro atoms. The molecule has 0 saturated carbocycles. The Hall–Kier alpha value is -2.96. The van der Waals surface area contributed by atoms with Crippen molar-refractivity contribution in [2.24, 2.45) is 0 Å². The van der Waals surface area contributed by atoms with Crippen LogP contribution >= 0.6 is 0 Å². The van der Waals surface area contributed by atoms with Gasteiger partial charge in [-0.2, -0.15) is 13.2 Å². The largest absolute Gasteiger partial charge is 0.417 e. The minimum absolute atomic E-state index is 0.0307. The minimum atomic E-state index is -4.49. The third-order valence-corrected chi connectivity index (χ3v) is 4.41. The van der Waals surface area contributed by atoms with Crippen LogP contribution in [0.15, 0.2) is 42.6 Å². The molecule has 2 aromatic carbocycles. The molecule has 0 atom stereocenters. The Kier molecular flexibility index (Phi) is 3.50. The Morgan fingerprint density at radius 3 is 2.50 bits per heavy atom. The van der Waals surface area contributed by atoms with E-state index >= 15 is 0 Å². The highest BCUT2D eigenvalue weighted by Crippen LogP contribution is 2.36. The van der Waals surface area contributed by atoms with E-state index in [9.17, 15) is 22.0 Å². The van der Waals surface area contributed by atoms with Crippen LogP contribution in [0.4, 0.5) is 22.0 Å². The molecule has 26 heavy (non-hydrogen) atoms. The number of pyridine rings is 1. The van der Waals surface area contributed by atoms with Gasteiger partial charge in [0.05, 0.1) is 22.3 Å². The van der Waals surface area contributed by atoms with Gasteiger partial charge in [0.15, 0.2) is 5.82 Å². The molecule has 2 nitrogen and oxygen atoms in total. The smallest absolute Gasteiger partial charge is 0.358 e. The Labute approximate surface area is 144 Å². The molecule has 132 valence electrons. The molecule has 2 aromatic heterocycles. The van der Waals surface area contributed by atoms with E-state index in [1.165, 1.54) is 43.5 Å². The number of H-pyrrole nitrogens is 1. The average Bonchev–Trinajstić information content (AvgIpc) is 3.01. The first-order valence-electron chi connectivity index (χ1n) is 7.70. The fourth-order valence-electron chi connectivity index (χ4n) is 3.06. The second kappa shape index (κ2) is 5.52. The number of aromatic amines is 1. The first-order valence-corrected chi connectivity index (χ1v) is 7.70. The Morgan fingerprint density at radius 1 is 1.00 bits per heavy atom. The van der Waals surface area contributed by atoms with Gasteiger partial charge in [0.25, 0.3) is 0 Å². The van der Waals surface area contributed by atoms with Gasteiger partial charge in [0.2, 0.25) is 0 Å². The van der Waals surface area contributed by atoms with Crippen molar-refractivity contribution in [3.05, 3.63) is 65.4 Å². The molecule has 0 aliphatic rings. The van der Waals surface area contributed by atoms with Gasteiger partial charge in [-0.05, 0) is 31.2 Å². The fraction of sp³-hybridized carbons (Fsp3) is 0.105. The van der Waals surface area contributed by atoms with Crippen LogP contribution in [-0.2, 0) is 6.18 Å². The van der Waals surface area contributed by atoms with Gasteiger partial charge < -0.3 is 4.98 Å². The van der Waals surface area contributed by atoms with Crippen LogP contribution in [0.2, 0.25) is 0 Å². The summed E-state index contributed by atoms with van der Waals surface area (Å²) in [5, 5.41) is 0.251. The van der Waals surface area contributed by atoms with E-state index in [1.54, 1.807) is 0 Å². The van der Waals surface area contributed by atoms with Gasteiger partial charge in [-0.25, -0.2) is 13.8 Å². The lowest BCUT2D eigenvalue weighted by molar-refractivity contribution is -0.136. The predicted molar refractivity (Wildman–Crippen MR) is 88.7 cm³/mol. The normalized spacial score (nSPS) is 12.2. The van der Waals surface area contributed by atoms with Crippen LogP contribution in [0, 0.1) is 18.6 Å². The van der Waals surface area contributed by atoms with Crippen LogP contribution in [-0.4, -0.2) is 9.97 Å². The summed E-state index contributed by atoms with van der Waals surface area (Å²) in [7, 11) is 0. The van der Waals surface area contributed by atoms with Crippen LogP contribution in [0.3, 0.4) is 0 Å². The predicted octanol–water partition coefficient (Wildman–Crippen LogP) is 5.99. The molecule has 0 aliphatic heterocycles. The van der Waals surface area contributed by atoms with Crippen molar-refractivity contribution < 1.29 is 22.0 Å². The molecule has 2 heterocycles. The first-order chi connectivity index (χ1) is 12.3. The SMILES string of the molecule is Cc1c(F)cc2c(-c3ccc4c(C(F)(F)F)cccc4n3)c[nH]c2c1F. The number of benzene rings is 2. The maximum absolute atomic E-state index is 14.2. The van der Waals surface area contributed by atoms with Gasteiger partial charge >= 0.3 is 6.18 Å². The monoisotopic (exact) mass is 362 g/mol. The highest BCUT2D eigenvalue weighted by molar-refractivity contribution is 5.97. The molecule has 4 aromatic rings. The number of hydrogen-bond donors (Lipinski definition) is 1. The quantitative estimate of drug-likeness (QED) is 0.414. The van der Waals surface area contributed by atoms with Crippen LogP contribution < -0.4 is 0 Å². The fourth-order valence-corrected chi connectivity index (χ4v) is 3.06. The van der Waals surface area contributed by atoms with Crippen LogP contribution in [0.5, 0.6) is 0 Å². The summed E-state index contributed by atoms with van der Waals surface area (Å²) in [5.74, 6) is -1.40. The summed E-state index contributed by atoms with van der Waals surface area (Å²) >= 11 is 0. The lowest BCUT2D eigenvalue weighted by Crippen LogP contribution is -2.05. The van der Waals surface area contributed by atoms with Crippen molar-refractivity contribution in [1.29, 1.82) is 0 Å². The average molecular weight is 362 g/mol. The molecule has 0 aliphatic carbocycles. The number of hydrogen-bond acceptors (Lipinski definition) is 1. The molecule has 0 amide bonds. The zero-order valence-corrected chi connectivity index (χ0v) is 13.4. The molecular formula is C19H11F5N2. The molecule has 1 N–H and O–H groups in total. The number of alkyl halides is 3. The van der Waals surface area contributed by atoms with Gasteiger partial charge in [-0.3, -0.25) is 0 Å². The van der Waals surface area contributed by atoms with Gasteiger partial charge in [-0.1, -0.05) is 12.1 Å². The third kappa shape index (κ3) is 2.42. The summed E-state index contributed by atoms with van der Waals surface area (Å²) in [6.45, 7) is 1.33. The molecule has 4 rings (SSSR count). The molecule has 0 fully saturated rings. The highest BCUT2D eigenvalue weighted by atomic mass is 19.4. The van der Waals surface area contributed by atoms with E-state index in [0.717, 1.165) is 6.07 Å². The summed E-state index contributed by atoms with van der Waals surface area (Å²) in [6.07, 6.45) is -3.03.